The van der Waals surface area contributed by atoms with Crippen LogP contribution < -0.4 is 10.6 Å². The SMILES string of the molecule is NC[C@H]1CN(c2ccc3nc(C(F)(F)F)nn3n2)C(=O)C[C@@H]1c1ccc(Cl)cc1Cl. The Morgan fingerprint density at radius 3 is 2.60 bits per heavy atom. The van der Waals surface area contributed by atoms with Gasteiger partial charge in [-0.05, 0) is 48.2 Å². The van der Waals surface area contributed by atoms with Gasteiger partial charge in [0.25, 0.3) is 5.82 Å². The lowest BCUT2D eigenvalue weighted by atomic mass is 9.80. The number of halogens is 5. The fourth-order valence-electron chi connectivity index (χ4n) is 3.59. The zero-order chi connectivity index (χ0) is 21.6. The molecular weight excluding hydrogens is 444 g/mol. The van der Waals surface area contributed by atoms with Crippen molar-refractivity contribution in [3.8, 4) is 0 Å². The van der Waals surface area contributed by atoms with E-state index >= 15 is 0 Å². The fourth-order valence-corrected chi connectivity index (χ4v) is 4.14. The van der Waals surface area contributed by atoms with Crippen molar-refractivity contribution >= 4 is 40.6 Å². The molecule has 2 atom stereocenters. The highest BCUT2D eigenvalue weighted by Gasteiger charge is 2.38. The summed E-state index contributed by atoms with van der Waals surface area (Å²) in [6, 6.07) is 7.86. The van der Waals surface area contributed by atoms with Crippen LogP contribution in [0.25, 0.3) is 5.65 Å². The Labute approximate surface area is 178 Å². The average molecular weight is 459 g/mol. The molecule has 1 aromatic carbocycles. The van der Waals surface area contributed by atoms with Gasteiger partial charge >= 0.3 is 6.18 Å². The van der Waals surface area contributed by atoms with Gasteiger partial charge in [-0.15, -0.1) is 14.8 Å². The summed E-state index contributed by atoms with van der Waals surface area (Å²) in [6.07, 6.45) is -4.57. The van der Waals surface area contributed by atoms with Gasteiger partial charge in [0.1, 0.15) is 0 Å². The maximum absolute atomic E-state index is 12.9. The molecule has 158 valence electrons. The summed E-state index contributed by atoms with van der Waals surface area (Å²) < 4.78 is 39.3. The standard InChI is InChI=1S/C18H15Cl2F3N6O/c19-10-1-2-11(13(20)5-10)12-6-16(30)28(8-9(12)7-24)15-4-3-14-25-17(18(21,22)23)27-29(14)26-15/h1-5,9,12H,6-8,24H2/t9-,12-/m0/s1. The minimum atomic E-state index is -4.69. The number of fused-ring (bicyclic) bond motifs is 1. The van der Waals surface area contributed by atoms with Gasteiger partial charge < -0.3 is 5.73 Å². The van der Waals surface area contributed by atoms with Crippen LogP contribution in [0.4, 0.5) is 19.0 Å². The van der Waals surface area contributed by atoms with Crippen molar-refractivity contribution in [2.75, 3.05) is 18.0 Å². The maximum Gasteiger partial charge on any atom is 0.453 e. The highest BCUT2D eigenvalue weighted by molar-refractivity contribution is 6.35. The van der Waals surface area contributed by atoms with Crippen LogP contribution in [0.3, 0.4) is 0 Å². The van der Waals surface area contributed by atoms with Crippen LogP contribution >= 0.6 is 23.2 Å². The Morgan fingerprint density at radius 1 is 1.17 bits per heavy atom. The first kappa shape index (κ1) is 20.8. The van der Waals surface area contributed by atoms with E-state index in [-0.39, 0.29) is 48.7 Å². The summed E-state index contributed by atoms with van der Waals surface area (Å²) >= 11 is 12.3. The molecule has 0 bridgehead atoms. The van der Waals surface area contributed by atoms with Gasteiger partial charge in [0.15, 0.2) is 11.5 Å². The lowest BCUT2D eigenvalue weighted by Gasteiger charge is -2.37. The van der Waals surface area contributed by atoms with Crippen molar-refractivity contribution in [2.24, 2.45) is 11.7 Å². The number of amides is 1. The molecule has 0 radical (unpaired) electrons. The molecule has 3 aromatic rings. The Bertz CT molecular complexity index is 1120. The Balaban J connectivity index is 1.64. The first-order chi connectivity index (χ1) is 14.2. The first-order valence-corrected chi connectivity index (χ1v) is 9.69. The summed E-state index contributed by atoms with van der Waals surface area (Å²) in [6.45, 7) is 0.509. The van der Waals surface area contributed by atoms with E-state index in [0.29, 0.717) is 10.0 Å². The highest BCUT2D eigenvalue weighted by Crippen LogP contribution is 2.38. The molecule has 1 aliphatic heterocycles. The number of alkyl halides is 3. The maximum atomic E-state index is 12.9. The monoisotopic (exact) mass is 458 g/mol. The van der Waals surface area contributed by atoms with E-state index < -0.39 is 12.0 Å². The summed E-state index contributed by atoms with van der Waals surface area (Å²) in [5.74, 6) is -1.73. The van der Waals surface area contributed by atoms with Gasteiger partial charge in [0.05, 0.1) is 0 Å². The third-order valence-electron chi connectivity index (χ3n) is 5.07. The van der Waals surface area contributed by atoms with Crippen molar-refractivity contribution in [1.29, 1.82) is 0 Å². The number of piperidine rings is 1. The topological polar surface area (TPSA) is 89.4 Å². The van der Waals surface area contributed by atoms with Crippen LogP contribution in [0.1, 0.15) is 23.7 Å². The zero-order valence-corrected chi connectivity index (χ0v) is 16.8. The zero-order valence-electron chi connectivity index (χ0n) is 15.3. The van der Waals surface area contributed by atoms with Crippen molar-refractivity contribution in [1.82, 2.24) is 19.8 Å². The number of anilines is 1. The molecule has 1 saturated heterocycles. The number of nitrogens with zero attached hydrogens (tertiary/aromatic N) is 5. The molecule has 1 aliphatic rings. The molecule has 12 heteroatoms. The molecule has 0 unspecified atom stereocenters. The minimum Gasteiger partial charge on any atom is -0.330 e. The Hall–Kier alpha value is -2.43. The smallest absolute Gasteiger partial charge is 0.330 e. The molecule has 4 rings (SSSR count). The van der Waals surface area contributed by atoms with Crippen LogP contribution in [0.2, 0.25) is 10.0 Å². The van der Waals surface area contributed by atoms with E-state index in [0.717, 1.165) is 10.2 Å². The highest BCUT2D eigenvalue weighted by atomic mass is 35.5. The second kappa shape index (κ2) is 7.68. The van der Waals surface area contributed by atoms with Gasteiger partial charge in [-0.3, -0.25) is 9.69 Å². The Morgan fingerprint density at radius 2 is 1.93 bits per heavy atom. The largest absolute Gasteiger partial charge is 0.453 e. The third kappa shape index (κ3) is 3.82. The predicted octanol–water partition coefficient (Wildman–Crippen LogP) is 3.55. The second-order valence-electron chi connectivity index (χ2n) is 6.95. The van der Waals surface area contributed by atoms with Crippen LogP contribution in [-0.2, 0) is 11.0 Å². The van der Waals surface area contributed by atoms with Crippen LogP contribution in [0.15, 0.2) is 30.3 Å². The molecular formula is C18H15Cl2F3N6O. The van der Waals surface area contributed by atoms with Crippen LogP contribution in [0, 0.1) is 5.92 Å². The number of rotatable bonds is 3. The van der Waals surface area contributed by atoms with E-state index in [4.69, 9.17) is 28.9 Å². The molecule has 1 amide bonds. The van der Waals surface area contributed by atoms with Crippen molar-refractivity contribution in [3.63, 3.8) is 0 Å². The number of hydrogen-bond donors (Lipinski definition) is 1. The second-order valence-corrected chi connectivity index (χ2v) is 7.79. The summed E-state index contributed by atoms with van der Waals surface area (Å²) in [5, 5.41) is 8.35. The van der Waals surface area contributed by atoms with Gasteiger partial charge in [-0.25, -0.2) is 4.98 Å². The van der Waals surface area contributed by atoms with Crippen molar-refractivity contribution < 1.29 is 18.0 Å². The molecule has 2 aromatic heterocycles. The van der Waals surface area contributed by atoms with E-state index in [1.165, 1.54) is 17.0 Å². The third-order valence-corrected chi connectivity index (χ3v) is 5.63. The number of benzene rings is 1. The molecule has 30 heavy (non-hydrogen) atoms. The summed E-state index contributed by atoms with van der Waals surface area (Å²) in [7, 11) is 0. The average Bonchev–Trinajstić information content (AvgIpc) is 3.12. The lowest BCUT2D eigenvalue weighted by Crippen LogP contribution is -2.46. The van der Waals surface area contributed by atoms with E-state index in [9.17, 15) is 18.0 Å². The Kier molecular flexibility index (Phi) is 5.33. The molecule has 2 N–H and O–H groups in total. The molecule has 0 aliphatic carbocycles. The first-order valence-electron chi connectivity index (χ1n) is 8.94. The normalized spacial score (nSPS) is 20.2. The quantitative estimate of drug-likeness (QED) is 0.648. The van der Waals surface area contributed by atoms with E-state index in [1.54, 1.807) is 18.2 Å². The number of carbonyl (C=O) groups excluding carboxylic acids is 1. The fraction of sp³-hybridized carbons (Fsp3) is 0.333. The minimum absolute atomic E-state index is 0.0725. The number of aromatic nitrogens is 4. The van der Waals surface area contributed by atoms with Crippen LogP contribution in [0.5, 0.6) is 0 Å². The molecule has 1 fully saturated rings. The molecule has 0 saturated carbocycles. The van der Waals surface area contributed by atoms with Gasteiger partial charge in [0, 0.05) is 23.0 Å². The van der Waals surface area contributed by atoms with Gasteiger partial charge in [0.2, 0.25) is 5.91 Å². The van der Waals surface area contributed by atoms with Gasteiger partial charge in [-0.2, -0.15) is 13.2 Å². The van der Waals surface area contributed by atoms with Crippen LogP contribution in [-0.4, -0.2) is 38.8 Å². The predicted molar refractivity (Wildman–Crippen MR) is 105 cm³/mol. The summed E-state index contributed by atoms with van der Waals surface area (Å²) in [5.41, 5.74) is 6.66. The lowest BCUT2D eigenvalue weighted by molar-refractivity contribution is -0.144. The molecule has 3 heterocycles. The van der Waals surface area contributed by atoms with E-state index in [1.807, 2.05) is 0 Å². The van der Waals surface area contributed by atoms with Gasteiger partial charge in [-0.1, -0.05) is 29.3 Å². The van der Waals surface area contributed by atoms with Crippen molar-refractivity contribution in [3.05, 3.63) is 51.8 Å². The number of hydrogen-bond acceptors (Lipinski definition) is 5. The molecule has 7 nitrogen and oxygen atoms in total. The molecule has 0 spiro atoms. The number of carbonyl (C=O) groups is 1. The summed E-state index contributed by atoms with van der Waals surface area (Å²) in [4.78, 5) is 17.7. The number of nitrogens with two attached hydrogens (primary N) is 1. The van der Waals surface area contributed by atoms with Crippen molar-refractivity contribution in [2.45, 2.75) is 18.5 Å². The van der Waals surface area contributed by atoms with E-state index in [2.05, 4.69) is 15.2 Å².